The van der Waals surface area contributed by atoms with E-state index in [0.717, 1.165) is 0 Å². The first kappa shape index (κ1) is 15.1. The van der Waals surface area contributed by atoms with Crippen molar-refractivity contribution in [3.05, 3.63) is 34.1 Å². The van der Waals surface area contributed by atoms with E-state index in [4.69, 9.17) is 5.73 Å². The molecule has 1 aromatic rings. The molecule has 1 rings (SSSR count). The molecule has 0 saturated carbocycles. The van der Waals surface area contributed by atoms with Gasteiger partial charge in [-0.1, -0.05) is 36.7 Å². The summed E-state index contributed by atoms with van der Waals surface area (Å²) in [6.07, 6.45) is 0. The summed E-state index contributed by atoms with van der Waals surface area (Å²) >= 11 is 3.16. The molecule has 5 heteroatoms. The number of nitrogens with two attached hydrogens (primary N) is 1. The zero-order chi connectivity index (χ0) is 13.9. The number of nitrogens with one attached hydrogen (secondary N) is 1. The highest BCUT2D eigenvalue weighted by molar-refractivity contribution is 9.10. The number of hydrogen-bond acceptors (Lipinski definition) is 2. The van der Waals surface area contributed by atoms with Crippen molar-refractivity contribution in [2.45, 2.75) is 26.8 Å². The van der Waals surface area contributed by atoms with E-state index >= 15 is 0 Å². The van der Waals surface area contributed by atoms with Gasteiger partial charge >= 0.3 is 0 Å². The topological polar surface area (TPSA) is 55.1 Å². The van der Waals surface area contributed by atoms with Gasteiger partial charge in [-0.2, -0.15) is 0 Å². The lowest BCUT2D eigenvalue weighted by Gasteiger charge is -2.30. The molecular weight excluding hydrogens is 299 g/mol. The number of carbonyl (C=O) groups excluding carboxylic acids is 1. The Bertz CT molecular complexity index is 423. The van der Waals surface area contributed by atoms with Gasteiger partial charge in [-0.15, -0.1) is 0 Å². The van der Waals surface area contributed by atoms with Gasteiger partial charge in [-0.3, -0.25) is 4.79 Å². The molecule has 1 atom stereocenters. The van der Waals surface area contributed by atoms with Crippen molar-refractivity contribution in [2.24, 2.45) is 11.1 Å². The molecule has 0 aliphatic rings. The summed E-state index contributed by atoms with van der Waals surface area (Å²) in [5.74, 6) is -0.768. The van der Waals surface area contributed by atoms with E-state index in [-0.39, 0.29) is 22.9 Å². The lowest BCUT2D eigenvalue weighted by molar-refractivity contribution is 0.0905. The lowest BCUT2D eigenvalue weighted by Crippen LogP contribution is -2.48. The Morgan fingerprint density at radius 3 is 2.50 bits per heavy atom. The van der Waals surface area contributed by atoms with Crippen LogP contribution in [0.2, 0.25) is 0 Å². The molecule has 0 spiro atoms. The smallest absolute Gasteiger partial charge is 0.251 e. The second-order valence-corrected chi connectivity index (χ2v) is 6.20. The first-order valence-electron chi connectivity index (χ1n) is 5.71. The first-order chi connectivity index (χ1) is 8.24. The van der Waals surface area contributed by atoms with E-state index in [9.17, 15) is 9.18 Å². The highest BCUT2D eigenvalue weighted by atomic mass is 79.9. The number of hydrogen-bond donors (Lipinski definition) is 2. The molecule has 3 N–H and O–H groups in total. The van der Waals surface area contributed by atoms with E-state index < -0.39 is 5.82 Å². The summed E-state index contributed by atoms with van der Waals surface area (Å²) in [6.45, 7) is 6.32. The maximum absolute atomic E-state index is 13.2. The van der Waals surface area contributed by atoms with Crippen molar-refractivity contribution in [1.29, 1.82) is 0 Å². The van der Waals surface area contributed by atoms with Gasteiger partial charge < -0.3 is 11.1 Å². The van der Waals surface area contributed by atoms with Crippen molar-refractivity contribution in [2.75, 3.05) is 6.54 Å². The summed E-state index contributed by atoms with van der Waals surface area (Å²) < 4.78 is 13.7. The van der Waals surface area contributed by atoms with Crippen molar-refractivity contribution in [3.63, 3.8) is 0 Å². The third-order valence-corrected chi connectivity index (χ3v) is 3.17. The predicted octanol–water partition coefficient (Wildman–Crippen LogP) is 2.69. The second-order valence-electron chi connectivity index (χ2n) is 5.29. The van der Waals surface area contributed by atoms with Crippen LogP contribution in [0.15, 0.2) is 22.7 Å². The number of rotatable bonds is 3. The fourth-order valence-electron chi connectivity index (χ4n) is 1.56. The summed E-state index contributed by atoms with van der Waals surface area (Å²) in [7, 11) is 0. The monoisotopic (exact) mass is 316 g/mol. The SMILES string of the molecule is CC(C)(C)C(CN)NC(=O)c1cc(F)cc(Br)c1. The maximum atomic E-state index is 13.2. The molecule has 0 fully saturated rings. The summed E-state index contributed by atoms with van der Waals surface area (Å²) in [4.78, 5) is 12.0. The van der Waals surface area contributed by atoms with Gasteiger partial charge in [0.15, 0.2) is 0 Å². The van der Waals surface area contributed by atoms with Crippen molar-refractivity contribution in [1.82, 2.24) is 5.32 Å². The highest BCUT2D eigenvalue weighted by Gasteiger charge is 2.25. The van der Waals surface area contributed by atoms with Crippen LogP contribution in [0.25, 0.3) is 0 Å². The largest absolute Gasteiger partial charge is 0.348 e. The zero-order valence-corrected chi connectivity index (χ0v) is 12.3. The number of carbonyl (C=O) groups is 1. The summed E-state index contributed by atoms with van der Waals surface area (Å²) in [5.41, 5.74) is 5.79. The Morgan fingerprint density at radius 1 is 1.44 bits per heavy atom. The number of benzene rings is 1. The van der Waals surface area contributed by atoms with Crippen molar-refractivity contribution < 1.29 is 9.18 Å². The molecule has 0 aliphatic carbocycles. The van der Waals surface area contributed by atoms with E-state index in [0.29, 0.717) is 11.0 Å². The minimum Gasteiger partial charge on any atom is -0.348 e. The van der Waals surface area contributed by atoms with Crippen LogP contribution in [-0.2, 0) is 0 Å². The van der Waals surface area contributed by atoms with Gasteiger partial charge in [0.2, 0.25) is 0 Å². The Morgan fingerprint density at radius 2 is 2.06 bits per heavy atom. The first-order valence-corrected chi connectivity index (χ1v) is 6.50. The van der Waals surface area contributed by atoms with Crippen LogP contribution in [0, 0.1) is 11.2 Å². The predicted molar refractivity (Wildman–Crippen MR) is 73.9 cm³/mol. The highest BCUT2D eigenvalue weighted by Crippen LogP contribution is 2.20. The van der Waals surface area contributed by atoms with Crippen LogP contribution in [-0.4, -0.2) is 18.5 Å². The molecule has 1 unspecified atom stereocenters. The van der Waals surface area contributed by atoms with Gasteiger partial charge in [-0.05, 0) is 23.6 Å². The van der Waals surface area contributed by atoms with Crippen LogP contribution >= 0.6 is 15.9 Å². The van der Waals surface area contributed by atoms with Crippen LogP contribution in [0.5, 0.6) is 0 Å². The Hall–Kier alpha value is -0.940. The molecule has 18 heavy (non-hydrogen) atoms. The van der Waals surface area contributed by atoms with Crippen LogP contribution < -0.4 is 11.1 Å². The van der Waals surface area contributed by atoms with Gasteiger partial charge in [0.1, 0.15) is 5.82 Å². The van der Waals surface area contributed by atoms with Gasteiger partial charge in [0.05, 0.1) is 0 Å². The molecule has 1 aromatic carbocycles. The average Bonchev–Trinajstić information content (AvgIpc) is 2.22. The lowest BCUT2D eigenvalue weighted by atomic mass is 9.86. The Balaban J connectivity index is 2.88. The minimum atomic E-state index is -0.449. The molecule has 1 amide bonds. The van der Waals surface area contributed by atoms with Crippen LogP contribution in [0.1, 0.15) is 31.1 Å². The standard InChI is InChI=1S/C13H18BrFN2O/c1-13(2,3)11(7-16)17-12(18)8-4-9(14)6-10(15)5-8/h4-6,11H,7,16H2,1-3H3,(H,17,18). The quantitative estimate of drug-likeness (QED) is 0.900. The fraction of sp³-hybridized carbons (Fsp3) is 0.462. The molecule has 0 heterocycles. The van der Waals surface area contributed by atoms with Gasteiger partial charge in [-0.25, -0.2) is 4.39 Å². The fourth-order valence-corrected chi connectivity index (χ4v) is 2.02. The normalized spacial score (nSPS) is 13.2. The third kappa shape index (κ3) is 4.07. The number of amides is 1. The third-order valence-electron chi connectivity index (χ3n) is 2.71. The van der Waals surface area contributed by atoms with Crippen molar-refractivity contribution in [3.8, 4) is 0 Å². The Kier molecular flexibility index (Phi) is 4.87. The van der Waals surface area contributed by atoms with Gasteiger partial charge in [0, 0.05) is 22.6 Å². The maximum Gasteiger partial charge on any atom is 0.251 e. The number of halogens is 2. The van der Waals surface area contributed by atoms with E-state index in [2.05, 4.69) is 21.2 Å². The van der Waals surface area contributed by atoms with E-state index in [1.54, 1.807) is 6.07 Å². The molecule has 0 aliphatic heterocycles. The zero-order valence-electron chi connectivity index (χ0n) is 10.8. The van der Waals surface area contributed by atoms with E-state index in [1.807, 2.05) is 20.8 Å². The van der Waals surface area contributed by atoms with Crippen LogP contribution in [0.3, 0.4) is 0 Å². The molecule has 100 valence electrons. The second kappa shape index (κ2) is 5.80. The molecule has 0 saturated heterocycles. The molecule has 0 bridgehead atoms. The Labute approximate surface area is 115 Å². The van der Waals surface area contributed by atoms with Crippen molar-refractivity contribution >= 4 is 21.8 Å². The van der Waals surface area contributed by atoms with Gasteiger partial charge in [0.25, 0.3) is 5.91 Å². The molecule has 0 radical (unpaired) electrons. The van der Waals surface area contributed by atoms with E-state index in [1.165, 1.54) is 12.1 Å². The average molecular weight is 317 g/mol. The van der Waals surface area contributed by atoms with Crippen LogP contribution in [0.4, 0.5) is 4.39 Å². The molecule has 0 aromatic heterocycles. The summed E-state index contributed by atoms with van der Waals surface area (Å²) in [5, 5.41) is 2.83. The minimum absolute atomic E-state index is 0.144. The molecular formula is C13H18BrFN2O. The molecule has 3 nitrogen and oxygen atoms in total. The summed E-state index contributed by atoms with van der Waals surface area (Å²) in [6, 6.07) is 3.93.